The lowest BCUT2D eigenvalue weighted by molar-refractivity contribution is -0.128. The molecule has 2 heterocycles. The molecule has 19 heavy (non-hydrogen) atoms. The van der Waals surface area contributed by atoms with E-state index >= 15 is 0 Å². The van der Waals surface area contributed by atoms with Crippen molar-refractivity contribution in [2.24, 2.45) is 11.8 Å². The minimum absolute atomic E-state index is 0.0833. The highest BCUT2D eigenvalue weighted by Gasteiger charge is 2.34. The van der Waals surface area contributed by atoms with Crippen LogP contribution < -0.4 is 5.32 Å². The molecule has 104 valence electrons. The molecule has 1 aromatic heterocycles. The third-order valence-electron chi connectivity index (χ3n) is 3.22. The molecule has 0 saturated carbocycles. The average molecular weight is 281 g/mol. The maximum absolute atomic E-state index is 12.0. The molecule has 0 unspecified atom stereocenters. The number of thiazole rings is 1. The van der Waals surface area contributed by atoms with E-state index in [9.17, 15) is 9.59 Å². The fourth-order valence-electron chi connectivity index (χ4n) is 2.07. The van der Waals surface area contributed by atoms with Gasteiger partial charge in [-0.25, -0.2) is 4.98 Å². The van der Waals surface area contributed by atoms with Crippen molar-refractivity contribution in [2.75, 3.05) is 18.4 Å². The zero-order chi connectivity index (χ0) is 13.8. The minimum Gasteiger partial charge on any atom is -0.342 e. The molecule has 2 rings (SSSR count). The van der Waals surface area contributed by atoms with Crippen LogP contribution in [0.5, 0.6) is 0 Å². The second-order valence-electron chi connectivity index (χ2n) is 5.25. The molecule has 1 N–H and O–H groups in total. The second kappa shape index (κ2) is 6.14. The number of amides is 2. The van der Waals surface area contributed by atoms with Gasteiger partial charge in [0.05, 0.1) is 5.92 Å². The van der Waals surface area contributed by atoms with Gasteiger partial charge >= 0.3 is 0 Å². The lowest BCUT2D eigenvalue weighted by atomic mass is 10.1. The summed E-state index contributed by atoms with van der Waals surface area (Å²) in [6, 6.07) is 0. The Morgan fingerprint density at radius 1 is 1.63 bits per heavy atom. The van der Waals surface area contributed by atoms with Gasteiger partial charge in [0.1, 0.15) is 0 Å². The van der Waals surface area contributed by atoms with E-state index in [1.807, 2.05) is 5.38 Å². The number of anilines is 1. The maximum Gasteiger partial charge on any atom is 0.231 e. The number of nitrogens with zero attached hydrogens (tertiary/aromatic N) is 2. The third-order valence-corrected chi connectivity index (χ3v) is 3.91. The maximum atomic E-state index is 12.0. The van der Waals surface area contributed by atoms with Gasteiger partial charge in [-0.05, 0) is 12.3 Å². The molecule has 6 heteroatoms. The van der Waals surface area contributed by atoms with Crippen molar-refractivity contribution in [1.82, 2.24) is 9.88 Å². The van der Waals surface area contributed by atoms with E-state index in [1.54, 1.807) is 11.1 Å². The van der Waals surface area contributed by atoms with Crippen molar-refractivity contribution in [3.8, 4) is 0 Å². The minimum atomic E-state index is -0.247. The molecule has 1 aliphatic heterocycles. The van der Waals surface area contributed by atoms with E-state index in [0.717, 1.165) is 13.0 Å². The van der Waals surface area contributed by atoms with E-state index in [4.69, 9.17) is 0 Å². The lowest BCUT2D eigenvalue weighted by Crippen LogP contribution is -2.29. The molecule has 2 amide bonds. The Hall–Kier alpha value is -1.43. The number of nitrogens with one attached hydrogen (secondary N) is 1. The lowest BCUT2D eigenvalue weighted by Gasteiger charge is -2.17. The number of carbonyl (C=O) groups excluding carboxylic acids is 2. The molecule has 0 aliphatic carbocycles. The van der Waals surface area contributed by atoms with Crippen LogP contribution >= 0.6 is 11.3 Å². The average Bonchev–Trinajstić information content (AvgIpc) is 2.96. The molecular formula is C13H19N3O2S. The van der Waals surface area contributed by atoms with Crippen LogP contribution in [-0.2, 0) is 9.59 Å². The highest BCUT2D eigenvalue weighted by atomic mass is 32.1. The fraction of sp³-hybridized carbons (Fsp3) is 0.615. The SMILES string of the molecule is CC(C)CCN1C[C@H](C(=O)Nc2nccs2)CC1=O. The summed E-state index contributed by atoms with van der Waals surface area (Å²) in [4.78, 5) is 29.7. The predicted molar refractivity (Wildman–Crippen MR) is 74.9 cm³/mol. The normalized spacial score (nSPS) is 19.2. The molecular weight excluding hydrogens is 262 g/mol. The topological polar surface area (TPSA) is 62.3 Å². The van der Waals surface area contributed by atoms with Crippen LogP contribution in [0, 0.1) is 11.8 Å². The molecule has 1 saturated heterocycles. The Morgan fingerprint density at radius 3 is 3.05 bits per heavy atom. The highest BCUT2D eigenvalue weighted by molar-refractivity contribution is 7.13. The van der Waals surface area contributed by atoms with Gasteiger partial charge in [0.15, 0.2) is 5.13 Å². The Kier molecular flexibility index (Phi) is 4.52. The zero-order valence-corrected chi connectivity index (χ0v) is 12.1. The van der Waals surface area contributed by atoms with Gasteiger partial charge in [0.25, 0.3) is 0 Å². The monoisotopic (exact) mass is 281 g/mol. The largest absolute Gasteiger partial charge is 0.342 e. The standard InChI is InChI=1S/C13H19N3O2S/c1-9(2)3-5-16-8-10(7-11(16)17)12(18)15-13-14-4-6-19-13/h4,6,9-10H,3,5,7-8H2,1-2H3,(H,14,15,18)/t10-/m1/s1. The van der Waals surface area contributed by atoms with Gasteiger partial charge in [0, 0.05) is 31.1 Å². The number of carbonyl (C=O) groups is 2. The van der Waals surface area contributed by atoms with Crippen molar-refractivity contribution >= 4 is 28.3 Å². The zero-order valence-electron chi connectivity index (χ0n) is 11.3. The van der Waals surface area contributed by atoms with Crippen LogP contribution in [-0.4, -0.2) is 34.8 Å². The third kappa shape index (κ3) is 3.76. The number of rotatable bonds is 5. The van der Waals surface area contributed by atoms with Crippen molar-refractivity contribution in [3.63, 3.8) is 0 Å². The molecule has 0 radical (unpaired) electrons. The summed E-state index contributed by atoms with van der Waals surface area (Å²) in [5, 5.41) is 5.16. The van der Waals surface area contributed by atoms with E-state index in [1.165, 1.54) is 11.3 Å². The smallest absolute Gasteiger partial charge is 0.231 e. The molecule has 0 spiro atoms. The second-order valence-corrected chi connectivity index (χ2v) is 6.14. The molecule has 0 aromatic carbocycles. The van der Waals surface area contributed by atoms with Crippen LogP contribution in [0.25, 0.3) is 0 Å². The number of likely N-dealkylation sites (tertiary alicyclic amines) is 1. The van der Waals surface area contributed by atoms with Crippen molar-refractivity contribution < 1.29 is 9.59 Å². The summed E-state index contributed by atoms with van der Waals surface area (Å²) in [6.45, 7) is 5.54. The van der Waals surface area contributed by atoms with E-state index in [0.29, 0.717) is 24.0 Å². The van der Waals surface area contributed by atoms with E-state index < -0.39 is 0 Å². The van der Waals surface area contributed by atoms with Gasteiger partial charge in [-0.2, -0.15) is 0 Å². The van der Waals surface area contributed by atoms with Gasteiger partial charge in [-0.15, -0.1) is 11.3 Å². The van der Waals surface area contributed by atoms with Gasteiger partial charge in [0.2, 0.25) is 11.8 Å². The summed E-state index contributed by atoms with van der Waals surface area (Å²) in [6.07, 6.45) is 2.94. The Morgan fingerprint density at radius 2 is 2.42 bits per heavy atom. The van der Waals surface area contributed by atoms with Crippen LogP contribution in [0.1, 0.15) is 26.7 Å². The number of hydrogen-bond donors (Lipinski definition) is 1. The fourth-order valence-corrected chi connectivity index (χ4v) is 2.60. The predicted octanol–water partition coefficient (Wildman–Crippen LogP) is 1.98. The molecule has 5 nitrogen and oxygen atoms in total. The van der Waals surface area contributed by atoms with Gasteiger partial charge < -0.3 is 10.2 Å². The van der Waals surface area contributed by atoms with E-state index in [2.05, 4.69) is 24.1 Å². The Balaban J connectivity index is 1.86. The van der Waals surface area contributed by atoms with Gasteiger partial charge in [-0.3, -0.25) is 9.59 Å². The highest BCUT2D eigenvalue weighted by Crippen LogP contribution is 2.21. The van der Waals surface area contributed by atoms with Crippen molar-refractivity contribution in [2.45, 2.75) is 26.7 Å². The molecule has 1 fully saturated rings. The Bertz CT molecular complexity index is 445. The quantitative estimate of drug-likeness (QED) is 0.897. The van der Waals surface area contributed by atoms with Gasteiger partial charge in [-0.1, -0.05) is 13.8 Å². The molecule has 1 aliphatic rings. The van der Waals surface area contributed by atoms with Crippen molar-refractivity contribution in [1.29, 1.82) is 0 Å². The summed E-state index contributed by atoms with van der Waals surface area (Å²) in [5.74, 6) is 0.301. The Labute approximate surface area is 117 Å². The molecule has 0 bridgehead atoms. The summed E-state index contributed by atoms with van der Waals surface area (Å²) >= 11 is 1.38. The van der Waals surface area contributed by atoms with Crippen LogP contribution in [0.4, 0.5) is 5.13 Å². The molecule has 1 aromatic rings. The van der Waals surface area contributed by atoms with Crippen molar-refractivity contribution in [3.05, 3.63) is 11.6 Å². The number of hydrogen-bond acceptors (Lipinski definition) is 4. The number of aromatic nitrogens is 1. The first kappa shape index (κ1) is 14.0. The van der Waals surface area contributed by atoms with Crippen LogP contribution in [0.15, 0.2) is 11.6 Å². The first-order valence-electron chi connectivity index (χ1n) is 6.54. The summed E-state index contributed by atoms with van der Waals surface area (Å²) < 4.78 is 0. The first-order valence-corrected chi connectivity index (χ1v) is 7.42. The first-order chi connectivity index (χ1) is 9.06. The summed E-state index contributed by atoms with van der Waals surface area (Å²) in [7, 11) is 0. The summed E-state index contributed by atoms with van der Waals surface area (Å²) in [5.41, 5.74) is 0. The van der Waals surface area contributed by atoms with Crippen LogP contribution in [0.2, 0.25) is 0 Å². The van der Waals surface area contributed by atoms with E-state index in [-0.39, 0.29) is 17.7 Å². The molecule has 1 atom stereocenters. The van der Waals surface area contributed by atoms with Crippen LogP contribution in [0.3, 0.4) is 0 Å².